The molecule has 0 spiro atoms. The fourth-order valence-electron chi connectivity index (χ4n) is 1.31. The van der Waals surface area contributed by atoms with Crippen LogP contribution in [0.5, 0.6) is 0 Å². The summed E-state index contributed by atoms with van der Waals surface area (Å²) in [5.74, 6) is 0.0252. The number of nitrogens with one attached hydrogen (secondary N) is 1. The Hall–Kier alpha value is -0.430. The van der Waals surface area contributed by atoms with Gasteiger partial charge in [0.25, 0.3) is 0 Å². The van der Waals surface area contributed by atoms with E-state index < -0.39 is 16.1 Å². The first-order chi connectivity index (χ1) is 7.88. The lowest BCUT2D eigenvalue weighted by Crippen LogP contribution is -2.41. The van der Waals surface area contributed by atoms with Gasteiger partial charge in [-0.05, 0) is 34.0 Å². The van der Waals surface area contributed by atoms with E-state index >= 15 is 0 Å². The molecule has 0 aliphatic rings. The summed E-state index contributed by atoms with van der Waals surface area (Å²) in [5.41, 5.74) is 0. The van der Waals surface area contributed by atoms with Crippen molar-refractivity contribution < 1.29 is 13.5 Å². The summed E-state index contributed by atoms with van der Waals surface area (Å²) < 4.78 is 27.1. The summed E-state index contributed by atoms with van der Waals surface area (Å²) in [6.07, 6.45) is 0. The molecule has 0 saturated carbocycles. The molecule has 1 unspecified atom stereocenters. The standard InChI is InChI=1S/C11H16BrNO3S/c1-8(2)10(7-14)13-17(15,16)11-6-4-3-5-9(11)12/h3-6,8,10,13-14H,7H2,1-2H3. The van der Waals surface area contributed by atoms with E-state index in [0.717, 1.165) is 0 Å². The Labute approximate surface area is 110 Å². The minimum atomic E-state index is -3.60. The van der Waals surface area contributed by atoms with Gasteiger partial charge in [-0.1, -0.05) is 26.0 Å². The Kier molecular flexibility index (Phi) is 5.12. The monoisotopic (exact) mass is 321 g/mol. The zero-order valence-electron chi connectivity index (χ0n) is 9.72. The van der Waals surface area contributed by atoms with Gasteiger partial charge in [0, 0.05) is 10.5 Å². The zero-order valence-corrected chi connectivity index (χ0v) is 12.1. The fraction of sp³-hybridized carbons (Fsp3) is 0.455. The van der Waals surface area contributed by atoms with Gasteiger partial charge in [0.05, 0.1) is 11.5 Å². The van der Waals surface area contributed by atoms with Gasteiger partial charge in [-0.25, -0.2) is 13.1 Å². The average molecular weight is 322 g/mol. The van der Waals surface area contributed by atoms with Crippen molar-refractivity contribution in [3.05, 3.63) is 28.7 Å². The number of aliphatic hydroxyl groups is 1. The molecule has 6 heteroatoms. The quantitative estimate of drug-likeness (QED) is 0.868. The van der Waals surface area contributed by atoms with Crippen molar-refractivity contribution in [1.29, 1.82) is 0 Å². The molecule has 0 saturated heterocycles. The smallest absolute Gasteiger partial charge is 0.242 e. The van der Waals surface area contributed by atoms with E-state index in [-0.39, 0.29) is 17.4 Å². The molecule has 1 atom stereocenters. The minimum Gasteiger partial charge on any atom is -0.395 e. The first-order valence-corrected chi connectivity index (χ1v) is 7.54. The number of sulfonamides is 1. The van der Waals surface area contributed by atoms with Gasteiger partial charge in [0.15, 0.2) is 0 Å². The van der Waals surface area contributed by atoms with Crippen molar-refractivity contribution in [1.82, 2.24) is 4.72 Å². The van der Waals surface area contributed by atoms with Gasteiger partial charge < -0.3 is 5.11 Å². The third kappa shape index (κ3) is 3.77. The van der Waals surface area contributed by atoms with Crippen LogP contribution < -0.4 is 4.72 Å². The Balaban J connectivity index is 3.01. The molecule has 0 bridgehead atoms. The van der Waals surface area contributed by atoms with Gasteiger partial charge in [-0.15, -0.1) is 0 Å². The number of benzene rings is 1. The van der Waals surface area contributed by atoms with Crippen LogP contribution in [0.25, 0.3) is 0 Å². The Morgan fingerprint density at radius 3 is 2.41 bits per heavy atom. The molecule has 0 heterocycles. The average Bonchev–Trinajstić information content (AvgIpc) is 2.26. The zero-order chi connectivity index (χ0) is 13.1. The second-order valence-corrected chi connectivity index (χ2v) is 6.62. The van der Waals surface area contributed by atoms with E-state index in [1.54, 1.807) is 18.2 Å². The van der Waals surface area contributed by atoms with Crippen molar-refractivity contribution in [3.8, 4) is 0 Å². The second-order valence-electron chi connectivity index (χ2n) is 4.08. The SMILES string of the molecule is CC(C)C(CO)NS(=O)(=O)c1ccccc1Br. The van der Waals surface area contributed by atoms with Crippen molar-refractivity contribution in [2.24, 2.45) is 5.92 Å². The van der Waals surface area contributed by atoms with Crippen LogP contribution in [-0.4, -0.2) is 26.2 Å². The van der Waals surface area contributed by atoms with Gasteiger partial charge in [-0.3, -0.25) is 0 Å². The summed E-state index contributed by atoms with van der Waals surface area (Å²) in [6.45, 7) is 3.48. The molecule has 0 fully saturated rings. The normalized spacial score (nSPS) is 13.9. The van der Waals surface area contributed by atoms with Crippen LogP contribution in [-0.2, 0) is 10.0 Å². The minimum absolute atomic E-state index is 0.0252. The molecule has 1 rings (SSSR count). The maximum Gasteiger partial charge on any atom is 0.242 e. The highest BCUT2D eigenvalue weighted by Crippen LogP contribution is 2.21. The topological polar surface area (TPSA) is 66.4 Å². The molecular weight excluding hydrogens is 306 g/mol. The van der Waals surface area contributed by atoms with E-state index in [1.165, 1.54) is 6.07 Å². The van der Waals surface area contributed by atoms with E-state index in [2.05, 4.69) is 20.7 Å². The van der Waals surface area contributed by atoms with E-state index in [9.17, 15) is 8.42 Å². The lowest BCUT2D eigenvalue weighted by molar-refractivity contribution is 0.227. The molecule has 4 nitrogen and oxygen atoms in total. The van der Waals surface area contributed by atoms with Crippen molar-refractivity contribution in [2.45, 2.75) is 24.8 Å². The second kappa shape index (κ2) is 5.95. The largest absolute Gasteiger partial charge is 0.395 e. The lowest BCUT2D eigenvalue weighted by Gasteiger charge is -2.20. The van der Waals surface area contributed by atoms with Crippen LogP contribution in [0.2, 0.25) is 0 Å². The van der Waals surface area contributed by atoms with Crippen LogP contribution in [0.3, 0.4) is 0 Å². The lowest BCUT2D eigenvalue weighted by atomic mass is 10.1. The molecule has 1 aromatic rings. The third-order valence-electron chi connectivity index (χ3n) is 2.43. The maximum atomic E-state index is 12.1. The predicted molar refractivity (Wildman–Crippen MR) is 70.2 cm³/mol. The third-order valence-corrected chi connectivity index (χ3v) is 4.94. The number of hydrogen-bond acceptors (Lipinski definition) is 3. The first kappa shape index (κ1) is 14.6. The summed E-state index contributed by atoms with van der Waals surface area (Å²) >= 11 is 3.20. The summed E-state index contributed by atoms with van der Waals surface area (Å²) in [7, 11) is -3.60. The van der Waals surface area contributed by atoms with Crippen molar-refractivity contribution >= 4 is 26.0 Å². The molecule has 0 aliphatic carbocycles. The van der Waals surface area contributed by atoms with Crippen LogP contribution in [0, 0.1) is 5.92 Å². The van der Waals surface area contributed by atoms with Gasteiger partial charge in [0.2, 0.25) is 10.0 Å². The van der Waals surface area contributed by atoms with Crippen molar-refractivity contribution in [3.63, 3.8) is 0 Å². The Morgan fingerprint density at radius 2 is 1.94 bits per heavy atom. The van der Waals surface area contributed by atoms with Crippen LogP contribution in [0.4, 0.5) is 0 Å². The Morgan fingerprint density at radius 1 is 1.35 bits per heavy atom. The number of rotatable bonds is 5. The van der Waals surface area contributed by atoms with Crippen molar-refractivity contribution in [2.75, 3.05) is 6.61 Å². The highest BCUT2D eigenvalue weighted by molar-refractivity contribution is 9.10. The maximum absolute atomic E-state index is 12.1. The number of aliphatic hydroxyl groups excluding tert-OH is 1. The number of hydrogen-bond donors (Lipinski definition) is 2. The highest BCUT2D eigenvalue weighted by atomic mass is 79.9. The van der Waals surface area contributed by atoms with Crippen LogP contribution >= 0.6 is 15.9 Å². The summed E-state index contributed by atoms with van der Waals surface area (Å²) in [4.78, 5) is 0.180. The molecule has 0 radical (unpaired) electrons. The molecule has 17 heavy (non-hydrogen) atoms. The number of halogens is 1. The van der Waals surface area contributed by atoms with E-state index in [4.69, 9.17) is 5.11 Å². The van der Waals surface area contributed by atoms with E-state index in [0.29, 0.717) is 4.47 Å². The van der Waals surface area contributed by atoms with Crippen LogP contribution in [0.15, 0.2) is 33.6 Å². The summed E-state index contributed by atoms with van der Waals surface area (Å²) in [5, 5.41) is 9.14. The summed E-state index contributed by atoms with van der Waals surface area (Å²) in [6, 6.07) is 6.10. The predicted octanol–water partition coefficient (Wildman–Crippen LogP) is 1.74. The first-order valence-electron chi connectivity index (χ1n) is 5.26. The Bertz CT molecular complexity index is 473. The van der Waals surface area contributed by atoms with Gasteiger partial charge >= 0.3 is 0 Å². The molecule has 0 amide bonds. The molecule has 0 aliphatic heterocycles. The highest BCUT2D eigenvalue weighted by Gasteiger charge is 2.23. The van der Waals surface area contributed by atoms with Gasteiger partial charge in [0.1, 0.15) is 0 Å². The molecule has 96 valence electrons. The molecule has 2 N–H and O–H groups in total. The van der Waals surface area contributed by atoms with E-state index in [1.807, 2.05) is 13.8 Å². The molecular formula is C11H16BrNO3S. The fourth-order valence-corrected chi connectivity index (χ4v) is 3.69. The molecule has 0 aromatic heterocycles. The molecule has 1 aromatic carbocycles. The van der Waals surface area contributed by atoms with Gasteiger partial charge in [-0.2, -0.15) is 0 Å². The van der Waals surface area contributed by atoms with Crippen LogP contribution in [0.1, 0.15) is 13.8 Å².